The number of carbonyl (C=O) groups excluding carboxylic acids is 2. The van der Waals surface area contributed by atoms with E-state index in [2.05, 4.69) is 10.0 Å². The number of ether oxygens (including phenoxy) is 1. The molecule has 0 aliphatic carbocycles. The van der Waals surface area contributed by atoms with E-state index in [1.165, 1.54) is 4.90 Å². The molecule has 1 aliphatic rings. The van der Waals surface area contributed by atoms with Crippen LogP contribution in [0.25, 0.3) is 11.1 Å². The van der Waals surface area contributed by atoms with Crippen molar-refractivity contribution in [3.05, 3.63) is 108 Å². The highest BCUT2D eigenvalue weighted by atomic mass is 32.2. The molecule has 0 bridgehead atoms. The highest BCUT2D eigenvalue weighted by molar-refractivity contribution is 7.92. The fourth-order valence-electron chi connectivity index (χ4n) is 5.18. The zero-order valence-corrected chi connectivity index (χ0v) is 25.6. The van der Waals surface area contributed by atoms with Gasteiger partial charge >= 0.3 is 0 Å². The molecule has 1 aliphatic heterocycles. The van der Waals surface area contributed by atoms with Crippen LogP contribution in [0.2, 0.25) is 0 Å². The molecule has 8 nitrogen and oxygen atoms in total. The van der Waals surface area contributed by atoms with E-state index in [1.54, 1.807) is 33.3 Å². The molecule has 4 aromatic rings. The van der Waals surface area contributed by atoms with E-state index in [-0.39, 0.29) is 17.9 Å². The van der Waals surface area contributed by atoms with Crippen molar-refractivity contribution < 1.29 is 18.9 Å². The maximum atomic E-state index is 13.6. The predicted molar refractivity (Wildman–Crippen MR) is 172 cm³/mol. The summed E-state index contributed by atoms with van der Waals surface area (Å²) in [6, 6.07) is 28.3. The molecule has 222 valence electrons. The van der Waals surface area contributed by atoms with Crippen molar-refractivity contribution in [3.63, 3.8) is 0 Å². The Morgan fingerprint density at radius 2 is 1.63 bits per heavy atom. The third-order valence-electron chi connectivity index (χ3n) is 7.40. The van der Waals surface area contributed by atoms with Gasteiger partial charge in [0, 0.05) is 56.1 Å². The van der Waals surface area contributed by atoms with E-state index < -0.39 is 11.4 Å². The van der Waals surface area contributed by atoms with Crippen molar-refractivity contribution >= 4 is 34.6 Å². The van der Waals surface area contributed by atoms with Crippen LogP contribution < -0.4 is 14.8 Å². The van der Waals surface area contributed by atoms with Gasteiger partial charge in [0.2, 0.25) is 4.90 Å². The van der Waals surface area contributed by atoms with Crippen LogP contribution in [0.5, 0.6) is 5.75 Å². The highest BCUT2D eigenvalue weighted by Crippen LogP contribution is 2.32. The summed E-state index contributed by atoms with van der Waals surface area (Å²) in [5.41, 5.74) is 5.57. The molecule has 9 heteroatoms. The first-order chi connectivity index (χ1) is 20.7. The molecule has 43 heavy (non-hydrogen) atoms. The summed E-state index contributed by atoms with van der Waals surface area (Å²) < 4.78 is 22.2. The topological polar surface area (TPSA) is 97.0 Å². The molecule has 1 fully saturated rings. The lowest BCUT2D eigenvalue weighted by atomic mass is 10.0. The number of aryl methyl sites for hydroxylation is 1. The summed E-state index contributed by atoms with van der Waals surface area (Å²) in [6.07, 6.45) is 0.840. The van der Waals surface area contributed by atoms with Gasteiger partial charge in [-0.2, -0.15) is 0 Å². The van der Waals surface area contributed by atoms with E-state index in [1.807, 2.05) is 90.7 Å². The zero-order chi connectivity index (χ0) is 30.5. The second-order valence-electron chi connectivity index (χ2n) is 10.8. The number of likely N-dealkylation sites (tertiary alicyclic amines) is 1. The van der Waals surface area contributed by atoms with Crippen molar-refractivity contribution in [2.45, 2.75) is 24.3 Å². The molecule has 0 aromatic heterocycles. The zero-order valence-electron chi connectivity index (χ0n) is 24.8. The second kappa shape index (κ2) is 13.2. The number of carbonyl (C=O) groups is 2. The summed E-state index contributed by atoms with van der Waals surface area (Å²) in [6.45, 7) is 3.29. The Kier molecular flexibility index (Phi) is 9.23. The minimum absolute atomic E-state index is 0.0472. The molecule has 1 unspecified atom stereocenters. The van der Waals surface area contributed by atoms with Crippen LogP contribution in [0.15, 0.2) is 95.9 Å². The van der Waals surface area contributed by atoms with Gasteiger partial charge in [0.05, 0.1) is 12.8 Å². The van der Waals surface area contributed by atoms with Crippen LogP contribution in [-0.2, 0) is 11.4 Å². The molecule has 0 saturated carbocycles. The van der Waals surface area contributed by atoms with Gasteiger partial charge in [0.25, 0.3) is 11.8 Å². The smallest absolute Gasteiger partial charge is 0.253 e. The number of anilines is 2. The molecule has 0 radical (unpaired) electrons. The first-order valence-corrected chi connectivity index (χ1v) is 15.3. The summed E-state index contributed by atoms with van der Waals surface area (Å²) in [7, 11) is 4.98. The first-order valence-electron chi connectivity index (χ1n) is 14.1. The Hall–Kier alpha value is -4.47. The van der Waals surface area contributed by atoms with Gasteiger partial charge in [-0.3, -0.25) is 9.59 Å². The normalized spacial score (nSPS) is 15.1. The Bertz CT molecular complexity index is 1630. The molecule has 2 atom stereocenters. The number of benzene rings is 4. The van der Waals surface area contributed by atoms with Crippen molar-refractivity contribution in [1.29, 1.82) is 0 Å². The molecular weight excluding hydrogens is 560 g/mol. The monoisotopic (exact) mass is 596 g/mol. The lowest BCUT2D eigenvalue weighted by Crippen LogP contribution is -2.31. The van der Waals surface area contributed by atoms with Crippen LogP contribution in [0.3, 0.4) is 0 Å². The van der Waals surface area contributed by atoms with Crippen molar-refractivity contribution in [2.24, 2.45) is 0 Å². The fourth-order valence-corrected chi connectivity index (χ4v) is 6.20. The molecule has 1 heterocycles. The molecule has 2 amide bonds. The maximum absolute atomic E-state index is 13.6. The van der Waals surface area contributed by atoms with E-state index >= 15 is 0 Å². The van der Waals surface area contributed by atoms with Gasteiger partial charge in [0.1, 0.15) is 11.4 Å². The van der Waals surface area contributed by atoms with Gasteiger partial charge in [-0.1, -0.05) is 42.0 Å². The van der Waals surface area contributed by atoms with E-state index in [0.29, 0.717) is 40.5 Å². The number of rotatable bonds is 9. The third kappa shape index (κ3) is 7.13. The minimum atomic E-state index is -1.63. The third-order valence-corrected chi connectivity index (χ3v) is 8.54. The van der Waals surface area contributed by atoms with Crippen LogP contribution in [0, 0.1) is 6.92 Å². The Balaban J connectivity index is 1.27. The fraction of sp³-hybridized carbons (Fsp3) is 0.235. The second-order valence-corrected chi connectivity index (χ2v) is 12.0. The summed E-state index contributed by atoms with van der Waals surface area (Å²) >= 11 is -1.63. The Morgan fingerprint density at radius 1 is 0.907 bits per heavy atom. The number of methoxy groups -OCH3 is 1. The quantitative estimate of drug-likeness (QED) is 0.236. The molecule has 2 N–H and O–H groups in total. The Labute approximate surface area is 256 Å². The molecular formula is C34H36N4O4S. The average molecular weight is 597 g/mol. The summed E-state index contributed by atoms with van der Waals surface area (Å²) in [5.74, 6) is 0.456. The summed E-state index contributed by atoms with van der Waals surface area (Å²) in [5, 5.41) is 3.53. The number of amides is 2. The Morgan fingerprint density at radius 3 is 2.40 bits per heavy atom. The highest BCUT2D eigenvalue weighted by Gasteiger charge is 2.27. The molecule has 5 rings (SSSR count). The van der Waals surface area contributed by atoms with Gasteiger partial charge in [-0.05, 0) is 73.0 Å². The molecule has 0 spiro atoms. The number of nitrogens with zero attached hydrogens (tertiary/aromatic N) is 2. The van der Waals surface area contributed by atoms with E-state index in [4.69, 9.17) is 4.74 Å². The van der Waals surface area contributed by atoms with E-state index in [0.717, 1.165) is 28.8 Å². The van der Waals surface area contributed by atoms with Gasteiger partial charge < -0.3 is 24.4 Å². The van der Waals surface area contributed by atoms with Gasteiger partial charge in [-0.15, -0.1) is 0 Å². The van der Waals surface area contributed by atoms with Crippen LogP contribution in [-0.4, -0.2) is 66.5 Å². The van der Waals surface area contributed by atoms with E-state index in [9.17, 15) is 14.1 Å². The predicted octanol–water partition coefficient (Wildman–Crippen LogP) is 5.83. The van der Waals surface area contributed by atoms with Crippen LogP contribution in [0.4, 0.5) is 11.4 Å². The van der Waals surface area contributed by atoms with Gasteiger partial charge in [0.15, 0.2) is 5.75 Å². The number of hydrogen-bond acceptors (Lipinski definition) is 6. The lowest BCUT2D eigenvalue weighted by Gasteiger charge is -2.19. The molecule has 1 saturated heterocycles. The summed E-state index contributed by atoms with van der Waals surface area (Å²) in [4.78, 5) is 29.4. The SMILES string of the molecule is COc1ccc(-c2cccc(C(=O)N(C)C)c2)cc1[S+]([O-])Nc1cccc(N[C@@H]2CCN(C(=O)c3cccc(C)c3)C2)c1. The van der Waals surface area contributed by atoms with Crippen LogP contribution in [0.1, 0.15) is 32.7 Å². The van der Waals surface area contributed by atoms with Crippen LogP contribution >= 0.6 is 0 Å². The lowest BCUT2D eigenvalue weighted by molar-refractivity contribution is 0.0790. The van der Waals surface area contributed by atoms with Gasteiger partial charge in [-0.25, -0.2) is 4.72 Å². The standard InChI is InChI=1S/C34H36N4O4S/c1-23-8-5-10-26(18-23)34(40)38-17-16-30(22-38)35-28-12-7-13-29(21-28)36-43(41)32-20-25(14-15-31(32)42-4)24-9-6-11-27(19-24)33(39)37(2)3/h5-15,18-21,30,35-36H,16-17,22H2,1-4H3/t30-,43?/m1/s1. The largest absolute Gasteiger partial charge is 0.588 e. The minimum Gasteiger partial charge on any atom is -0.588 e. The first kappa shape index (κ1) is 30.0. The maximum Gasteiger partial charge on any atom is 0.253 e. The van der Waals surface area contributed by atoms with Crippen molar-refractivity contribution in [3.8, 4) is 16.9 Å². The number of hydrogen-bond donors (Lipinski definition) is 2. The average Bonchev–Trinajstić information content (AvgIpc) is 3.48. The number of nitrogens with one attached hydrogen (secondary N) is 2. The van der Waals surface area contributed by atoms with Crippen molar-refractivity contribution in [2.75, 3.05) is 44.3 Å². The van der Waals surface area contributed by atoms with Crippen molar-refractivity contribution in [1.82, 2.24) is 9.80 Å². The molecule has 4 aromatic carbocycles.